The molecule has 6 nitrogen and oxygen atoms in total. The number of thiazole rings is 1. The van der Waals surface area contributed by atoms with Crippen LogP contribution < -0.4 is 24.2 Å². The van der Waals surface area contributed by atoms with Gasteiger partial charge in [-0.05, 0) is 31.5 Å². The van der Waals surface area contributed by atoms with Crippen LogP contribution >= 0.6 is 23.1 Å². The number of carboxylic acid groups (broad SMARTS) is 1. The second-order valence-corrected chi connectivity index (χ2v) is 9.63. The maximum atomic E-state index is 13.3. The molecule has 0 bridgehead atoms. The first kappa shape index (κ1) is 22.4. The number of aromatic nitrogens is 2. The highest BCUT2D eigenvalue weighted by molar-refractivity contribution is 8.08. The molecule has 166 valence electrons. The maximum Gasteiger partial charge on any atom is 0.303 e. The number of carbonyl (C=O) groups is 1. The van der Waals surface area contributed by atoms with Gasteiger partial charge in [-0.1, -0.05) is 23.9 Å². The largest absolute Gasteiger partial charge is 0.481 e. The average molecular weight is 469 g/mol. The van der Waals surface area contributed by atoms with E-state index >= 15 is 0 Å². The Labute approximate surface area is 194 Å². The molecule has 0 radical (unpaired) electrons. The first-order chi connectivity index (χ1) is 15.5. The Morgan fingerprint density at radius 3 is 2.69 bits per heavy atom. The molecule has 1 aliphatic rings. The normalized spacial score (nSPS) is 15.3. The van der Waals surface area contributed by atoms with Crippen LogP contribution in [0.25, 0.3) is 11.1 Å². The van der Waals surface area contributed by atoms with Crippen molar-refractivity contribution >= 4 is 45.9 Å². The zero-order valence-corrected chi connectivity index (χ0v) is 19.8. The van der Waals surface area contributed by atoms with Crippen LogP contribution in [0.4, 0.5) is 5.69 Å². The van der Waals surface area contributed by atoms with E-state index in [-0.39, 0.29) is 12.0 Å². The summed E-state index contributed by atoms with van der Waals surface area (Å²) < 4.78 is 5.61. The van der Waals surface area contributed by atoms with Gasteiger partial charge in [-0.2, -0.15) is 4.57 Å². The molecule has 0 saturated heterocycles. The number of nitrogens with zero attached hydrogens (tertiary/aromatic N) is 3. The Morgan fingerprint density at radius 1 is 1.16 bits per heavy atom. The number of para-hydroxylation sites is 1. The zero-order chi connectivity index (χ0) is 22.7. The molecule has 1 aliphatic heterocycles. The topological polar surface area (TPSA) is 66.4 Å². The van der Waals surface area contributed by atoms with Crippen molar-refractivity contribution in [3.05, 3.63) is 73.9 Å². The van der Waals surface area contributed by atoms with Crippen LogP contribution in [0, 0.1) is 0 Å². The van der Waals surface area contributed by atoms with Gasteiger partial charge in [-0.3, -0.25) is 14.2 Å². The number of unbranched alkanes of at least 4 members (excludes halogenated alkanes) is 1. The summed E-state index contributed by atoms with van der Waals surface area (Å²) in [6.45, 7) is 3.33. The minimum absolute atomic E-state index is 0.0369. The third-order valence-corrected chi connectivity index (χ3v) is 7.93. The van der Waals surface area contributed by atoms with Gasteiger partial charge in [-0.15, -0.1) is 11.3 Å². The van der Waals surface area contributed by atoms with Gasteiger partial charge in [0.2, 0.25) is 5.69 Å². The molecule has 0 aliphatic carbocycles. The van der Waals surface area contributed by atoms with Crippen LogP contribution in [-0.4, -0.2) is 22.7 Å². The summed E-state index contributed by atoms with van der Waals surface area (Å²) in [5.41, 5.74) is 2.16. The number of carboxylic acids is 1. The molecule has 8 heteroatoms. The highest BCUT2D eigenvalue weighted by Crippen LogP contribution is 2.44. The summed E-state index contributed by atoms with van der Waals surface area (Å²) in [5.74, 6) is -0.762. The molecule has 1 N–H and O–H groups in total. The summed E-state index contributed by atoms with van der Waals surface area (Å²) in [6, 6.07) is 14.2. The van der Waals surface area contributed by atoms with Gasteiger partial charge in [0.15, 0.2) is 6.20 Å². The van der Waals surface area contributed by atoms with E-state index in [0.717, 1.165) is 43.5 Å². The fraction of sp³-hybridized carbons (Fsp3) is 0.292. The van der Waals surface area contributed by atoms with E-state index in [0.29, 0.717) is 13.0 Å². The highest BCUT2D eigenvalue weighted by Gasteiger charge is 2.24. The van der Waals surface area contributed by atoms with Crippen LogP contribution in [0.5, 0.6) is 0 Å². The third kappa shape index (κ3) is 4.52. The van der Waals surface area contributed by atoms with Crippen molar-refractivity contribution in [1.82, 2.24) is 4.57 Å². The Hall–Kier alpha value is -2.84. The molecule has 0 amide bonds. The molecule has 3 heterocycles. The van der Waals surface area contributed by atoms with E-state index in [4.69, 9.17) is 5.11 Å². The molecule has 1 aromatic carbocycles. The summed E-state index contributed by atoms with van der Waals surface area (Å²) in [4.78, 5) is 27.3. The van der Waals surface area contributed by atoms with Gasteiger partial charge in [-0.25, -0.2) is 0 Å². The van der Waals surface area contributed by atoms with Crippen LogP contribution in [0.2, 0.25) is 0 Å². The van der Waals surface area contributed by atoms with Crippen molar-refractivity contribution in [2.75, 3.05) is 11.9 Å². The summed E-state index contributed by atoms with van der Waals surface area (Å²) in [6.07, 6.45) is 5.67. The SMILES string of the molecule is CCn1c(=Cc2cccc[n+]2CCCCC(=O)O)s/c(=C2\Sc3ccccc3N2C)c1=O. The highest BCUT2D eigenvalue weighted by atomic mass is 32.2. The first-order valence-corrected chi connectivity index (χ1v) is 12.3. The number of thioether (sulfide) groups is 1. The van der Waals surface area contributed by atoms with Crippen molar-refractivity contribution in [1.29, 1.82) is 0 Å². The monoisotopic (exact) mass is 468 g/mol. The van der Waals surface area contributed by atoms with Gasteiger partial charge in [0.05, 0.1) is 5.69 Å². The number of anilines is 1. The minimum Gasteiger partial charge on any atom is -0.481 e. The summed E-state index contributed by atoms with van der Waals surface area (Å²) in [5, 5.41) is 9.83. The van der Waals surface area contributed by atoms with E-state index in [9.17, 15) is 9.59 Å². The molecule has 32 heavy (non-hydrogen) atoms. The Bertz CT molecular complexity index is 1330. The van der Waals surface area contributed by atoms with E-state index in [1.54, 1.807) is 11.8 Å². The first-order valence-electron chi connectivity index (χ1n) is 10.7. The summed E-state index contributed by atoms with van der Waals surface area (Å²) >= 11 is 3.16. The second-order valence-electron chi connectivity index (χ2n) is 7.57. The molecule has 0 spiro atoms. The van der Waals surface area contributed by atoms with E-state index in [1.807, 2.05) is 55.1 Å². The number of aliphatic carboxylic acids is 1. The Kier molecular flexibility index (Phi) is 6.81. The number of hydrogen-bond donors (Lipinski definition) is 1. The Morgan fingerprint density at radius 2 is 1.94 bits per heavy atom. The lowest BCUT2D eigenvalue weighted by molar-refractivity contribution is -0.699. The van der Waals surface area contributed by atoms with Crippen molar-refractivity contribution in [3.63, 3.8) is 0 Å². The molecule has 0 atom stereocenters. The number of hydrogen-bond acceptors (Lipinski definition) is 5. The fourth-order valence-electron chi connectivity index (χ4n) is 3.78. The quantitative estimate of drug-likeness (QED) is 0.427. The smallest absolute Gasteiger partial charge is 0.303 e. The van der Waals surface area contributed by atoms with Crippen LogP contribution in [0.15, 0.2) is 58.4 Å². The van der Waals surface area contributed by atoms with Gasteiger partial charge < -0.3 is 10.0 Å². The Balaban J connectivity index is 1.74. The molecule has 4 rings (SSSR count). The number of fused-ring (bicyclic) bond motifs is 1. The molecule has 0 saturated carbocycles. The molecule has 2 aromatic heterocycles. The van der Waals surface area contributed by atoms with Gasteiger partial charge >= 0.3 is 5.97 Å². The van der Waals surface area contributed by atoms with Crippen LogP contribution in [0.3, 0.4) is 0 Å². The number of rotatable bonds is 7. The van der Waals surface area contributed by atoms with E-state index in [2.05, 4.69) is 27.7 Å². The molecule has 3 aromatic rings. The standard InChI is InChI=1S/C24H25N3O3S2/c1-3-27-20(16-17-10-6-8-14-26(17)15-9-7-13-21(28)29)32-22(23(27)30)24-25(2)18-11-4-5-12-19(18)31-24/h4-6,8,10-12,14,16H,3,7,9,13,15H2,1-2H3/p+1/b24-22-. The van der Waals surface area contributed by atoms with E-state index < -0.39 is 5.97 Å². The molecule has 0 fully saturated rings. The minimum atomic E-state index is -0.762. The molecular weight excluding hydrogens is 442 g/mol. The van der Waals surface area contributed by atoms with Crippen LogP contribution in [0.1, 0.15) is 31.9 Å². The zero-order valence-electron chi connectivity index (χ0n) is 18.2. The fourth-order valence-corrected chi connectivity index (χ4v) is 6.24. The lowest BCUT2D eigenvalue weighted by Crippen LogP contribution is -2.38. The number of benzene rings is 1. The number of aryl methyl sites for hydroxylation is 1. The van der Waals surface area contributed by atoms with E-state index in [1.165, 1.54) is 11.3 Å². The maximum absolute atomic E-state index is 13.3. The van der Waals surface area contributed by atoms with Gasteiger partial charge in [0.1, 0.15) is 20.8 Å². The lowest BCUT2D eigenvalue weighted by atomic mass is 10.2. The summed E-state index contributed by atoms with van der Waals surface area (Å²) in [7, 11) is 2.01. The predicted molar refractivity (Wildman–Crippen MR) is 129 cm³/mol. The van der Waals surface area contributed by atoms with Crippen molar-refractivity contribution < 1.29 is 14.5 Å². The van der Waals surface area contributed by atoms with Crippen LogP contribution in [-0.2, 0) is 17.9 Å². The third-order valence-electron chi connectivity index (χ3n) is 5.45. The lowest BCUT2D eigenvalue weighted by Gasteiger charge is -2.11. The van der Waals surface area contributed by atoms with Gasteiger partial charge in [0, 0.05) is 49.5 Å². The average Bonchev–Trinajstić information content (AvgIpc) is 3.28. The molecule has 0 unspecified atom stereocenters. The van der Waals surface area contributed by atoms with Gasteiger partial charge in [0.25, 0.3) is 5.56 Å². The van der Waals surface area contributed by atoms with Crippen molar-refractivity contribution in [2.45, 2.75) is 44.2 Å². The number of pyridine rings is 1. The van der Waals surface area contributed by atoms with Crippen molar-refractivity contribution in [2.24, 2.45) is 0 Å². The van der Waals surface area contributed by atoms with Crippen molar-refractivity contribution in [3.8, 4) is 0 Å². The molecular formula is C24H26N3O3S2+. The predicted octanol–water partition coefficient (Wildman–Crippen LogP) is 2.61. The second kappa shape index (κ2) is 9.75.